The molecule has 1 aromatic heterocycles. The lowest BCUT2D eigenvalue weighted by atomic mass is 9.86. The average Bonchev–Trinajstić information content (AvgIpc) is 3.13. The van der Waals surface area contributed by atoms with Gasteiger partial charge in [0.1, 0.15) is 5.82 Å². The minimum absolute atomic E-state index is 0.0485. The number of nitrogens with zero attached hydrogens (tertiary/aromatic N) is 2. The number of carboxylic acids is 1. The van der Waals surface area contributed by atoms with Crippen LogP contribution in [0.1, 0.15) is 38.4 Å². The first-order valence-electron chi connectivity index (χ1n) is 9.76. The molecule has 0 spiro atoms. The van der Waals surface area contributed by atoms with Crippen LogP contribution < -0.4 is 4.90 Å². The number of halogens is 1. The van der Waals surface area contributed by atoms with Crippen molar-refractivity contribution in [2.24, 2.45) is 0 Å². The van der Waals surface area contributed by atoms with Gasteiger partial charge in [0.05, 0.1) is 11.4 Å². The largest absolute Gasteiger partial charge is 0.481 e. The van der Waals surface area contributed by atoms with Crippen LogP contribution in [0.15, 0.2) is 48.5 Å². The third-order valence-corrected chi connectivity index (χ3v) is 5.08. The van der Waals surface area contributed by atoms with Crippen LogP contribution in [0.2, 0.25) is 5.02 Å². The fourth-order valence-electron chi connectivity index (χ4n) is 3.33. The zero-order valence-corrected chi connectivity index (χ0v) is 18.3. The van der Waals surface area contributed by atoms with Crippen LogP contribution in [0, 0.1) is 0 Å². The molecule has 31 heavy (non-hydrogen) atoms. The molecule has 1 amide bonds. The van der Waals surface area contributed by atoms with Crippen LogP contribution in [0.4, 0.5) is 16.3 Å². The summed E-state index contributed by atoms with van der Waals surface area (Å²) in [7, 11) is 0. The van der Waals surface area contributed by atoms with Crippen molar-refractivity contribution in [3.8, 4) is 11.1 Å². The molecule has 0 atom stereocenters. The first-order chi connectivity index (χ1) is 14.6. The number of hydrogen-bond acceptors (Lipinski definition) is 3. The lowest BCUT2D eigenvalue weighted by Crippen LogP contribution is -2.24. The van der Waals surface area contributed by atoms with Gasteiger partial charge >= 0.3 is 12.1 Å². The summed E-state index contributed by atoms with van der Waals surface area (Å²) in [6.45, 7) is 6.02. The predicted molar refractivity (Wildman–Crippen MR) is 120 cm³/mol. The number of anilines is 2. The molecule has 3 aromatic rings. The summed E-state index contributed by atoms with van der Waals surface area (Å²) in [4.78, 5) is 24.2. The number of aromatic nitrogens is 2. The molecule has 8 heteroatoms. The number of aromatic amines is 1. The van der Waals surface area contributed by atoms with Gasteiger partial charge in [0.15, 0.2) is 0 Å². The van der Waals surface area contributed by atoms with Crippen molar-refractivity contribution in [3.05, 3.63) is 64.8 Å². The topological polar surface area (TPSA) is 107 Å². The highest BCUT2D eigenvalue weighted by Crippen LogP contribution is 2.40. The van der Waals surface area contributed by atoms with E-state index in [9.17, 15) is 14.7 Å². The smallest absolute Gasteiger partial charge is 0.417 e. The van der Waals surface area contributed by atoms with Crippen molar-refractivity contribution in [1.29, 1.82) is 0 Å². The molecular weight excluding hydrogens is 418 g/mol. The fourth-order valence-corrected chi connectivity index (χ4v) is 3.45. The van der Waals surface area contributed by atoms with Gasteiger partial charge in [0.25, 0.3) is 0 Å². The van der Waals surface area contributed by atoms with Crippen molar-refractivity contribution in [1.82, 2.24) is 10.2 Å². The predicted octanol–water partition coefficient (Wildman–Crippen LogP) is 5.86. The minimum atomic E-state index is -1.16. The Morgan fingerprint density at radius 2 is 1.65 bits per heavy atom. The molecule has 0 unspecified atom stereocenters. The maximum absolute atomic E-state index is 12.2. The number of H-pyrrole nitrogens is 1. The minimum Gasteiger partial charge on any atom is -0.481 e. The van der Waals surface area contributed by atoms with E-state index in [1.165, 1.54) is 0 Å². The highest BCUT2D eigenvalue weighted by atomic mass is 35.5. The van der Waals surface area contributed by atoms with Crippen molar-refractivity contribution in [2.75, 3.05) is 4.90 Å². The quantitative estimate of drug-likeness (QED) is 0.444. The molecule has 0 aliphatic rings. The molecule has 162 valence electrons. The highest BCUT2D eigenvalue weighted by molar-refractivity contribution is 6.30. The Balaban J connectivity index is 2.12. The molecule has 2 aromatic carbocycles. The Morgan fingerprint density at radius 1 is 1.03 bits per heavy atom. The van der Waals surface area contributed by atoms with E-state index in [-0.39, 0.29) is 11.8 Å². The molecule has 0 radical (unpaired) electrons. The van der Waals surface area contributed by atoms with E-state index in [0.29, 0.717) is 28.5 Å². The van der Waals surface area contributed by atoms with Gasteiger partial charge in [-0.05, 0) is 41.8 Å². The molecule has 0 saturated heterocycles. The van der Waals surface area contributed by atoms with Gasteiger partial charge in [0, 0.05) is 22.4 Å². The Morgan fingerprint density at radius 3 is 2.16 bits per heavy atom. The van der Waals surface area contributed by atoms with Gasteiger partial charge in [-0.2, -0.15) is 5.10 Å². The SMILES string of the molecule is CC(C)(C)c1n[nH]c(N(C(=O)O)c2ccc(Cl)cc2)c1-c1ccc(CCC(=O)O)cc1. The van der Waals surface area contributed by atoms with E-state index in [1.54, 1.807) is 24.3 Å². The van der Waals surface area contributed by atoms with E-state index in [2.05, 4.69) is 10.2 Å². The Hall–Kier alpha value is -3.32. The van der Waals surface area contributed by atoms with E-state index in [0.717, 1.165) is 21.7 Å². The van der Waals surface area contributed by atoms with Crippen LogP contribution in [0.5, 0.6) is 0 Å². The summed E-state index contributed by atoms with van der Waals surface area (Å²) in [6.07, 6.45) is -0.690. The van der Waals surface area contributed by atoms with Gasteiger partial charge in [-0.3, -0.25) is 9.89 Å². The Bertz CT molecular complexity index is 1080. The fraction of sp³-hybridized carbons (Fsp3) is 0.261. The maximum Gasteiger partial charge on any atom is 0.417 e. The lowest BCUT2D eigenvalue weighted by molar-refractivity contribution is -0.136. The van der Waals surface area contributed by atoms with Gasteiger partial charge in [-0.15, -0.1) is 0 Å². The monoisotopic (exact) mass is 441 g/mol. The second-order valence-corrected chi connectivity index (χ2v) is 8.67. The van der Waals surface area contributed by atoms with Crippen molar-refractivity contribution >= 4 is 35.2 Å². The first kappa shape index (κ1) is 22.4. The summed E-state index contributed by atoms with van der Waals surface area (Å²) in [6, 6.07) is 14.0. The number of hydrogen-bond donors (Lipinski definition) is 3. The van der Waals surface area contributed by atoms with Crippen LogP contribution >= 0.6 is 11.6 Å². The van der Waals surface area contributed by atoms with Crippen molar-refractivity contribution in [3.63, 3.8) is 0 Å². The number of amides is 1. The van der Waals surface area contributed by atoms with E-state index < -0.39 is 12.1 Å². The standard InChI is InChI=1S/C23H24ClN3O4/c1-23(2,3)20-19(15-7-4-14(5-8-15)6-13-18(28)29)21(26-25-20)27(22(30)31)17-11-9-16(24)10-12-17/h4-5,7-12H,6,13H2,1-3H3,(H,25,26)(H,28,29)(H,30,31). The Labute approximate surface area is 185 Å². The summed E-state index contributed by atoms with van der Waals surface area (Å²) in [5.41, 5.74) is 3.15. The Kier molecular flexibility index (Phi) is 6.36. The number of carbonyl (C=O) groups is 2. The van der Waals surface area contributed by atoms with Gasteiger partial charge < -0.3 is 10.2 Å². The highest BCUT2D eigenvalue weighted by Gasteiger charge is 2.30. The summed E-state index contributed by atoms with van der Waals surface area (Å²) >= 11 is 5.97. The molecule has 0 bridgehead atoms. The normalized spacial score (nSPS) is 11.4. The summed E-state index contributed by atoms with van der Waals surface area (Å²) < 4.78 is 0. The van der Waals surface area contributed by atoms with Crippen molar-refractivity contribution < 1.29 is 19.8 Å². The molecule has 3 N–H and O–H groups in total. The van der Waals surface area contributed by atoms with E-state index in [4.69, 9.17) is 16.7 Å². The molecular formula is C23H24ClN3O4. The molecule has 0 fully saturated rings. The van der Waals surface area contributed by atoms with Gasteiger partial charge in [0.2, 0.25) is 0 Å². The second kappa shape index (κ2) is 8.81. The molecule has 7 nitrogen and oxygen atoms in total. The number of nitrogens with one attached hydrogen (secondary N) is 1. The van der Waals surface area contributed by atoms with Crippen LogP contribution in [0.25, 0.3) is 11.1 Å². The van der Waals surface area contributed by atoms with Crippen molar-refractivity contribution in [2.45, 2.75) is 39.0 Å². The average molecular weight is 442 g/mol. The second-order valence-electron chi connectivity index (χ2n) is 8.23. The number of aryl methyl sites for hydroxylation is 1. The number of benzene rings is 2. The molecule has 0 aliphatic heterocycles. The lowest BCUT2D eigenvalue weighted by Gasteiger charge is -2.22. The zero-order chi connectivity index (χ0) is 22.8. The summed E-state index contributed by atoms with van der Waals surface area (Å²) in [5.74, 6) is -0.519. The maximum atomic E-state index is 12.2. The van der Waals surface area contributed by atoms with Gasteiger partial charge in [-0.1, -0.05) is 56.6 Å². The van der Waals surface area contributed by atoms with Gasteiger partial charge in [-0.25, -0.2) is 9.69 Å². The number of aliphatic carboxylic acids is 1. The number of rotatable bonds is 6. The molecule has 0 aliphatic carbocycles. The third-order valence-electron chi connectivity index (χ3n) is 4.83. The first-order valence-corrected chi connectivity index (χ1v) is 10.1. The van der Waals surface area contributed by atoms with Crippen LogP contribution in [0.3, 0.4) is 0 Å². The van der Waals surface area contributed by atoms with E-state index >= 15 is 0 Å². The zero-order valence-electron chi connectivity index (χ0n) is 17.5. The molecule has 3 rings (SSSR count). The molecule has 1 heterocycles. The molecule has 0 saturated carbocycles. The summed E-state index contributed by atoms with van der Waals surface area (Å²) in [5, 5.41) is 26.8. The third kappa shape index (κ3) is 5.06. The van der Waals surface area contributed by atoms with E-state index in [1.807, 2.05) is 45.0 Å². The van der Waals surface area contributed by atoms with Crippen LogP contribution in [-0.2, 0) is 16.6 Å². The number of carboxylic acid groups (broad SMARTS) is 2. The van der Waals surface area contributed by atoms with Crippen LogP contribution in [-0.4, -0.2) is 32.5 Å².